The van der Waals surface area contributed by atoms with Crippen molar-refractivity contribution >= 4 is 21.6 Å². The van der Waals surface area contributed by atoms with Crippen molar-refractivity contribution in [1.29, 1.82) is 0 Å². The van der Waals surface area contributed by atoms with Gasteiger partial charge < -0.3 is 4.52 Å². The van der Waals surface area contributed by atoms with Crippen LogP contribution in [0.1, 0.15) is 5.89 Å². The molecule has 0 radical (unpaired) electrons. The van der Waals surface area contributed by atoms with Crippen LogP contribution in [0.15, 0.2) is 64.0 Å². The summed E-state index contributed by atoms with van der Waals surface area (Å²) in [5.41, 5.74) is 0.732. The second-order valence-corrected chi connectivity index (χ2v) is 6.86. The van der Waals surface area contributed by atoms with Gasteiger partial charge in [-0.3, -0.25) is 0 Å². The van der Waals surface area contributed by atoms with Gasteiger partial charge in [-0.2, -0.15) is 4.98 Å². The lowest BCUT2D eigenvalue weighted by Gasteiger charge is -2.03. The lowest BCUT2D eigenvalue weighted by Crippen LogP contribution is -2.23. The minimum atomic E-state index is -3.61. The van der Waals surface area contributed by atoms with Crippen molar-refractivity contribution < 1.29 is 12.9 Å². The Bertz CT molecular complexity index is 893. The third-order valence-corrected chi connectivity index (χ3v) is 4.71. The molecule has 1 N–H and O–H groups in total. The maximum Gasteiger partial charge on any atom is 0.242 e. The fourth-order valence-corrected chi connectivity index (χ4v) is 3.00. The SMILES string of the molecule is O=S(=O)(NCc1nc(-c2ccc(Cl)cc2)no1)c1ccccc1. The van der Waals surface area contributed by atoms with Crippen LogP contribution >= 0.6 is 11.6 Å². The molecule has 1 aromatic heterocycles. The Morgan fingerprint density at radius 1 is 1.04 bits per heavy atom. The Kier molecular flexibility index (Phi) is 4.42. The van der Waals surface area contributed by atoms with E-state index in [0.717, 1.165) is 5.56 Å². The standard InChI is InChI=1S/C15H12ClN3O3S/c16-12-8-6-11(7-9-12)15-18-14(22-19-15)10-17-23(20,21)13-4-2-1-3-5-13/h1-9,17H,10H2. The van der Waals surface area contributed by atoms with Gasteiger partial charge in [-0.1, -0.05) is 35.0 Å². The van der Waals surface area contributed by atoms with E-state index in [2.05, 4.69) is 14.9 Å². The van der Waals surface area contributed by atoms with Crippen LogP contribution in [0.2, 0.25) is 5.02 Å². The van der Waals surface area contributed by atoms with Crippen LogP contribution in [0.5, 0.6) is 0 Å². The van der Waals surface area contributed by atoms with Gasteiger partial charge in [0.05, 0.1) is 11.4 Å². The fraction of sp³-hybridized carbons (Fsp3) is 0.0667. The summed E-state index contributed by atoms with van der Waals surface area (Å²) in [5, 5.41) is 4.43. The summed E-state index contributed by atoms with van der Waals surface area (Å²) in [6, 6.07) is 15.0. The summed E-state index contributed by atoms with van der Waals surface area (Å²) in [5.74, 6) is 0.546. The molecule has 0 bridgehead atoms. The number of halogens is 1. The maximum atomic E-state index is 12.1. The Morgan fingerprint density at radius 2 is 1.74 bits per heavy atom. The van der Waals surface area contributed by atoms with Crippen LogP contribution in [0, 0.1) is 0 Å². The van der Waals surface area contributed by atoms with Gasteiger partial charge in [-0.05, 0) is 36.4 Å². The van der Waals surface area contributed by atoms with Gasteiger partial charge in [-0.15, -0.1) is 0 Å². The summed E-state index contributed by atoms with van der Waals surface area (Å²) in [4.78, 5) is 4.34. The normalized spacial score (nSPS) is 11.5. The highest BCUT2D eigenvalue weighted by Gasteiger charge is 2.15. The zero-order valence-electron chi connectivity index (χ0n) is 11.8. The first-order valence-electron chi connectivity index (χ1n) is 6.68. The minimum Gasteiger partial charge on any atom is -0.338 e. The highest BCUT2D eigenvalue weighted by molar-refractivity contribution is 7.89. The highest BCUT2D eigenvalue weighted by Crippen LogP contribution is 2.18. The molecule has 0 saturated carbocycles. The van der Waals surface area contributed by atoms with E-state index in [1.165, 1.54) is 12.1 Å². The molecule has 0 saturated heterocycles. The van der Waals surface area contributed by atoms with E-state index in [1.807, 2.05) is 0 Å². The molecular weight excluding hydrogens is 338 g/mol. The molecule has 0 atom stereocenters. The second kappa shape index (κ2) is 6.49. The van der Waals surface area contributed by atoms with Crippen molar-refractivity contribution in [2.24, 2.45) is 0 Å². The first-order valence-corrected chi connectivity index (χ1v) is 8.54. The lowest BCUT2D eigenvalue weighted by atomic mass is 10.2. The van der Waals surface area contributed by atoms with E-state index in [9.17, 15) is 8.42 Å². The van der Waals surface area contributed by atoms with E-state index in [4.69, 9.17) is 16.1 Å². The molecule has 0 aliphatic heterocycles. The Morgan fingerprint density at radius 3 is 2.43 bits per heavy atom. The summed E-state index contributed by atoms with van der Waals surface area (Å²) in [7, 11) is -3.61. The smallest absolute Gasteiger partial charge is 0.242 e. The molecule has 2 aromatic carbocycles. The number of aromatic nitrogens is 2. The zero-order chi connectivity index (χ0) is 16.3. The summed E-state index contributed by atoms with van der Waals surface area (Å²) >= 11 is 5.82. The maximum absolute atomic E-state index is 12.1. The van der Waals surface area contributed by atoms with E-state index in [1.54, 1.807) is 42.5 Å². The van der Waals surface area contributed by atoms with Crippen LogP contribution in [-0.2, 0) is 16.6 Å². The van der Waals surface area contributed by atoms with E-state index < -0.39 is 10.0 Å². The number of nitrogens with zero attached hydrogens (tertiary/aromatic N) is 2. The Balaban J connectivity index is 1.71. The Hall–Kier alpha value is -2.22. The third-order valence-electron chi connectivity index (χ3n) is 3.04. The predicted octanol–water partition coefficient (Wildman–Crippen LogP) is 2.87. The van der Waals surface area contributed by atoms with Crippen molar-refractivity contribution in [2.75, 3.05) is 0 Å². The molecule has 1 heterocycles. The van der Waals surface area contributed by atoms with Crippen molar-refractivity contribution in [2.45, 2.75) is 11.4 Å². The minimum absolute atomic E-state index is 0.0855. The van der Waals surface area contributed by atoms with Crippen molar-refractivity contribution in [3.63, 3.8) is 0 Å². The second-order valence-electron chi connectivity index (χ2n) is 4.66. The molecule has 8 heteroatoms. The summed E-state index contributed by atoms with van der Waals surface area (Å²) < 4.78 is 31.7. The summed E-state index contributed by atoms with van der Waals surface area (Å²) in [6.07, 6.45) is 0. The molecule has 118 valence electrons. The highest BCUT2D eigenvalue weighted by atomic mass is 35.5. The largest absolute Gasteiger partial charge is 0.338 e. The third kappa shape index (κ3) is 3.76. The predicted molar refractivity (Wildman–Crippen MR) is 85.2 cm³/mol. The van der Waals surface area contributed by atoms with Crippen molar-refractivity contribution in [3.05, 3.63) is 65.5 Å². The molecule has 6 nitrogen and oxygen atoms in total. The van der Waals surface area contributed by atoms with Gasteiger partial charge in [-0.25, -0.2) is 13.1 Å². The number of sulfonamides is 1. The fourth-order valence-electron chi connectivity index (χ4n) is 1.88. The van der Waals surface area contributed by atoms with Gasteiger partial charge in [0, 0.05) is 10.6 Å². The van der Waals surface area contributed by atoms with Crippen LogP contribution < -0.4 is 4.72 Å². The topological polar surface area (TPSA) is 85.1 Å². The molecule has 0 spiro atoms. The van der Waals surface area contributed by atoms with Crippen LogP contribution in [0.25, 0.3) is 11.4 Å². The number of hydrogen-bond donors (Lipinski definition) is 1. The van der Waals surface area contributed by atoms with E-state index in [0.29, 0.717) is 10.8 Å². The van der Waals surface area contributed by atoms with Crippen molar-refractivity contribution in [1.82, 2.24) is 14.9 Å². The number of rotatable bonds is 5. The van der Waals surface area contributed by atoms with Gasteiger partial charge in [0.1, 0.15) is 0 Å². The monoisotopic (exact) mass is 349 g/mol. The number of nitrogens with one attached hydrogen (secondary N) is 1. The lowest BCUT2D eigenvalue weighted by molar-refractivity contribution is 0.376. The first-order chi connectivity index (χ1) is 11.0. The zero-order valence-corrected chi connectivity index (χ0v) is 13.4. The van der Waals surface area contributed by atoms with Gasteiger partial charge >= 0.3 is 0 Å². The average molecular weight is 350 g/mol. The summed E-state index contributed by atoms with van der Waals surface area (Å²) in [6.45, 7) is -0.0855. The van der Waals surface area contributed by atoms with E-state index >= 15 is 0 Å². The van der Waals surface area contributed by atoms with Gasteiger partial charge in [0.2, 0.25) is 21.7 Å². The number of hydrogen-bond acceptors (Lipinski definition) is 5. The molecule has 23 heavy (non-hydrogen) atoms. The van der Waals surface area contributed by atoms with Crippen LogP contribution in [0.3, 0.4) is 0 Å². The molecule has 3 aromatic rings. The molecule has 0 amide bonds. The average Bonchev–Trinajstić information content (AvgIpc) is 3.04. The molecular formula is C15H12ClN3O3S. The molecule has 0 aliphatic rings. The first kappa shape index (κ1) is 15.7. The molecule has 0 unspecified atom stereocenters. The van der Waals surface area contributed by atoms with Crippen LogP contribution in [0.4, 0.5) is 0 Å². The van der Waals surface area contributed by atoms with Crippen LogP contribution in [-0.4, -0.2) is 18.6 Å². The molecule has 0 fully saturated rings. The van der Waals surface area contributed by atoms with Gasteiger partial charge in [0.25, 0.3) is 0 Å². The van der Waals surface area contributed by atoms with Gasteiger partial charge in [0.15, 0.2) is 0 Å². The Labute approximate surface area is 138 Å². The number of benzene rings is 2. The molecule has 3 rings (SSSR count). The van der Waals surface area contributed by atoms with Crippen molar-refractivity contribution in [3.8, 4) is 11.4 Å². The van der Waals surface area contributed by atoms with E-state index in [-0.39, 0.29) is 17.3 Å². The quantitative estimate of drug-likeness (QED) is 0.765. The molecule has 0 aliphatic carbocycles.